The molecule has 2 heterocycles. The maximum atomic E-state index is 12.0. The number of piperazine rings is 1. The lowest BCUT2D eigenvalue weighted by atomic mass is 10.2. The van der Waals surface area contributed by atoms with Gasteiger partial charge in [0.1, 0.15) is 11.3 Å². The average molecular weight is 209 g/mol. The maximum absolute atomic E-state index is 12.0. The maximum Gasteiger partial charge on any atom is 0.259 e. The molecule has 1 aliphatic heterocycles. The zero-order chi connectivity index (χ0) is 10.7. The Bertz CT molecular complexity index is 342. The first-order valence-electron chi connectivity index (χ1n) is 5.26. The first kappa shape index (κ1) is 10.2. The van der Waals surface area contributed by atoms with Gasteiger partial charge in [0.15, 0.2) is 0 Å². The molecule has 5 heteroatoms. The summed E-state index contributed by atoms with van der Waals surface area (Å²) in [7, 11) is 0. The number of aryl methyl sites for hydroxylation is 1. The van der Waals surface area contributed by atoms with Crippen LogP contribution >= 0.6 is 0 Å². The number of carbonyl (C=O) groups excluding carboxylic acids is 1. The minimum Gasteiger partial charge on any atom is -0.361 e. The summed E-state index contributed by atoms with van der Waals surface area (Å²) in [5.41, 5.74) is 0.611. The second-order valence-corrected chi connectivity index (χ2v) is 3.56. The molecule has 0 bridgehead atoms. The molecule has 1 saturated heterocycles. The van der Waals surface area contributed by atoms with Gasteiger partial charge in [0, 0.05) is 32.6 Å². The summed E-state index contributed by atoms with van der Waals surface area (Å²) in [6.45, 7) is 5.19. The van der Waals surface area contributed by atoms with E-state index in [-0.39, 0.29) is 5.91 Å². The molecular formula is C10H15N3O2. The van der Waals surface area contributed by atoms with Crippen LogP contribution in [0.2, 0.25) is 0 Å². The number of aromatic nitrogens is 1. The molecule has 15 heavy (non-hydrogen) atoms. The number of nitrogens with one attached hydrogen (secondary N) is 1. The van der Waals surface area contributed by atoms with Gasteiger partial charge in [-0.25, -0.2) is 0 Å². The van der Waals surface area contributed by atoms with E-state index < -0.39 is 0 Å². The van der Waals surface area contributed by atoms with Crippen LogP contribution < -0.4 is 5.32 Å². The Hall–Kier alpha value is -1.36. The highest BCUT2D eigenvalue weighted by atomic mass is 16.5. The topological polar surface area (TPSA) is 58.4 Å². The number of nitrogens with zero attached hydrogens (tertiary/aromatic N) is 2. The zero-order valence-corrected chi connectivity index (χ0v) is 8.82. The fourth-order valence-electron chi connectivity index (χ4n) is 1.73. The SMILES string of the molecule is CCc1oncc1C(=O)N1CCNCC1. The van der Waals surface area contributed by atoms with Gasteiger partial charge in [-0.1, -0.05) is 12.1 Å². The molecule has 0 unspecified atom stereocenters. The van der Waals surface area contributed by atoms with Crippen molar-refractivity contribution in [2.45, 2.75) is 13.3 Å². The Kier molecular flexibility index (Phi) is 3.01. The molecule has 1 amide bonds. The van der Waals surface area contributed by atoms with E-state index in [0.717, 1.165) is 26.2 Å². The van der Waals surface area contributed by atoms with E-state index in [9.17, 15) is 4.79 Å². The molecule has 1 aromatic heterocycles. The summed E-state index contributed by atoms with van der Waals surface area (Å²) >= 11 is 0. The van der Waals surface area contributed by atoms with E-state index >= 15 is 0 Å². The van der Waals surface area contributed by atoms with Gasteiger partial charge in [-0.3, -0.25) is 4.79 Å². The van der Waals surface area contributed by atoms with Gasteiger partial charge < -0.3 is 14.7 Å². The van der Waals surface area contributed by atoms with Crippen molar-refractivity contribution in [1.29, 1.82) is 0 Å². The number of rotatable bonds is 2. The third-order valence-electron chi connectivity index (χ3n) is 2.60. The summed E-state index contributed by atoms with van der Waals surface area (Å²) < 4.78 is 5.01. The molecule has 0 spiro atoms. The molecule has 1 aromatic rings. The predicted molar refractivity (Wildman–Crippen MR) is 54.7 cm³/mol. The van der Waals surface area contributed by atoms with E-state index in [1.165, 1.54) is 6.20 Å². The summed E-state index contributed by atoms with van der Waals surface area (Å²) in [5, 5.41) is 6.88. The first-order chi connectivity index (χ1) is 7.33. The fraction of sp³-hybridized carbons (Fsp3) is 0.600. The third-order valence-corrected chi connectivity index (χ3v) is 2.60. The van der Waals surface area contributed by atoms with Gasteiger partial charge in [0.05, 0.1) is 6.20 Å². The van der Waals surface area contributed by atoms with E-state index in [4.69, 9.17) is 4.52 Å². The van der Waals surface area contributed by atoms with Gasteiger partial charge in [-0.15, -0.1) is 0 Å². The molecular weight excluding hydrogens is 194 g/mol. The first-order valence-corrected chi connectivity index (χ1v) is 5.26. The lowest BCUT2D eigenvalue weighted by Gasteiger charge is -2.27. The van der Waals surface area contributed by atoms with Gasteiger partial charge in [-0.05, 0) is 0 Å². The minimum atomic E-state index is 0.0367. The van der Waals surface area contributed by atoms with Crippen molar-refractivity contribution in [2.24, 2.45) is 0 Å². The Morgan fingerprint density at radius 1 is 1.60 bits per heavy atom. The van der Waals surface area contributed by atoms with Crippen LogP contribution in [0.3, 0.4) is 0 Å². The molecule has 5 nitrogen and oxygen atoms in total. The van der Waals surface area contributed by atoms with E-state index in [1.807, 2.05) is 11.8 Å². The zero-order valence-electron chi connectivity index (χ0n) is 8.82. The largest absolute Gasteiger partial charge is 0.361 e. The van der Waals surface area contributed by atoms with Crippen LogP contribution in [0, 0.1) is 0 Å². The highest BCUT2D eigenvalue weighted by Gasteiger charge is 2.22. The number of amides is 1. The molecule has 0 saturated carbocycles. The fourth-order valence-corrected chi connectivity index (χ4v) is 1.73. The number of carbonyl (C=O) groups is 1. The van der Waals surface area contributed by atoms with Gasteiger partial charge in [-0.2, -0.15) is 0 Å². The normalized spacial score (nSPS) is 16.7. The molecule has 0 radical (unpaired) electrons. The highest BCUT2D eigenvalue weighted by Crippen LogP contribution is 2.12. The molecule has 82 valence electrons. The van der Waals surface area contributed by atoms with E-state index in [1.54, 1.807) is 0 Å². The minimum absolute atomic E-state index is 0.0367. The van der Waals surface area contributed by atoms with Crippen LogP contribution in [-0.2, 0) is 6.42 Å². The molecule has 0 atom stereocenters. The molecule has 1 aliphatic rings. The number of hydrogen-bond acceptors (Lipinski definition) is 4. The molecule has 1 N–H and O–H groups in total. The monoisotopic (exact) mass is 209 g/mol. The van der Waals surface area contributed by atoms with Crippen molar-refractivity contribution >= 4 is 5.91 Å². The van der Waals surface area contributed by atoms with Crippen LogP contribution in [0.1, 0.15) is 23.0 Å². The smallest absolute Gasteiger partial charge is 0.259 e. The third kappa shape index (κ3) is 2.02. The van der Waals surface area contributed by atoms with Crippen molar-refractivity contribution < 1.29 is 9.32 Å². The summed E-state index contributed by atoms with van der Waals surface area (Å²) in [5.74, 6) is 0.716. The summed E-state index contributed by atoms with van der Waals surface area (Å²) in [6, 6.07) is 0. The van der Waals surface area contributed by atoms with Crippen LogP contribution in [-0.4, -0.2) is 42.1 Å². The Labute approximate surface area is 88.4 Å². The summed E-state index contributed by atoms with van der Waals surface area (Å²) in [6.07, 6.45) is 2.22. The van der Waals surface area contributed by atoms with Crippen LogP contribution in [0.25, 0.3) is 0 Å². The Morgan fingerprint density at radius 3 is 3.00 bits per heavy atom. The standard InChI is InChI=1S/C10H15N3O2/c1-2-9-8(7-12-15-9)10(14)13-5-3-11-4-6-13/h7,11H,2-6H2,1H3. The van der Waals surface area contributed by atoms with Gasteiger partial charge >= 0.3 is 0 Å². The van der Waals surface area contributed by atoms with Crippen molar-refractivity contribution in [3.05, 3.63) is 17.5 Å². The number of hydrogen-bond donors (Lipinski definition) is 1. The van der Waals surface area contributed by atoms with E-state index in [0.29, 0.717) is 17.7 Å². The quantitative estimate of drug-likeness (QED) is 0.760. The van der Waals surface area contributed by atoms with Crippen molar-refractivity contribution in [3.8, 4) is 0 Å². The lowest BCUT2D eigenvalue weighted by Crippen LogP contribution is -2.46. The Morgan fingerprint density at radius 2 is 2.33 bits per heavy atom. The highest BCUT2D eigenvalue weighted by molar-refractivity contribution is 5.94. The predicted octanol–water partition coefficient (Wildman–Crippen LogP) is 0.282. The Balaban J connectivity index is 2.12. The van der Waals surface area contributed by atoms with Gasteiger partial charge in [0.25, 0.3) is 5.91 Å². The van der Waals surface area contributed by atoms with Crippen LogP contribution in [0.5, 0.6) is 0 Å². The average Bonchev–Trinajstić information content (AvgIpc) is 2.77. The van der Waals surface area contributed by atoms with E-state index in [2.05, 4.69) is 10.5 Å². The molecule has 2 rings (SSSR count). The molecule has 1 fully saturated rings. The van der Waals surface area contributed by atoms with Gasteiger partial charge in [0.2, 0.25) is 0 Å². The second-order valence-electron chi connectivity index (χ2n) is 3.56. The van der Waals surface area contributed by atoms with Crippen molar-refractivity contribution in [3.63, 3.8) is 0 Å². The second kappa shape index (κ2) is 4.44. The van der Waals surface area contributed by atoms with Crippen molar-refractivity contribution in [1.82, 2.24) is 15.4 Å². The molecule has 0 aromatic carbocycles. The van der Waals surface area contributed by atoms with Crippen molar-refractivity contribution in [2.75, 3.05) is 26.2 Å². The lowest BCUT2D eigenvalue weighted by molar-refractivity contribution is 0.0733. The van der Waals surface area contributed by atoms with Crippen LogP contribution in [0.15, 0.2) is 10.7 Å². The summed E-state index contributed by atoms with van der Waals surface area (Å²) in [4.78, 5) is 13.9. The molecule has 0 aliphatic carbocycles. The van der Waals surface area contributed by atoms with Crippen LogP contribution in [0.4, 0.5) is 0 Å².